The van der Waals surface area contributed by atoms with Gasteiger partial charge in [0.1, 0.15) is 31.0 Å². The Morgan fingerprint density at radius 2 is 2.11 bits per heavy atom. The molecule has 2 fully saturated rings. The third-order valence-corrected chi connectivity index (χ3v) is 3.66. The van der Waals surface area contributed by atoms with E-state index in [1.165, 1.54) is 0 Å². The van der Waals surface area contributed by atoms with Crippen molar-refractivity contribution in [2.45, 2.75) is 57.9 Å². The Morgan fingerprint density at radius 1 is 1.39 bits per heavy atom. The minimum atomic E-state index is -2.10. The Morgan fingerprint density at radius 3 is 2.78 bits per heavy atom. The van der Waals surface area contributed by atoms with E-state index in [1.54, 1.807) is 13.8 Å². The molecule has 0 aliphatic carbocycles. The Hall–Kier alpha value is -0.100. The smallest absolute Gasteiger partial charge is 0.370 e. The van der Waals surface area contributed by atoms with E-state index >= 15 is 0 Å². The molecule has 0 N–H and O–H groups in total. The molecule has 104 valence electrons. The van der Waals surface area contributed by atoms with Crippen LogP contribution < -0.4 is 0 Å². The minimum Gasteiger partial charge on any atom is -0.370 e. The number of ether oxygens (including phenoxy) is 3. The molecule has 6 nitrogen and oxygen atoms in total. The highest BCUT2D eigenvalue weighted by Crippen LogP contribution is 2.36. The van der Waals surface area contributed by atoms with Gasteiger partial charge in [-0.3, -0.25) is 0 Å². The van der Waals surface area contributed by atoms with Crippen LogP contribution in [-0.4, -0.2) is 43.4 Å². The minimum absolute atomic E-state index is 0.0718. The van der Waals surface area contributed by atoms with Crippen molar-refractivity contribution in [2.75, 3.05) is 13.2 Å². The van der Waals surface area contributed by atoms with Crippen LogP contribution in [0.1, 0.15) is 27.7 Å². The highest BCUT2D eigenvalue weighted by Gasteiger charge is 2.51. The van der Waals surface area contributed by atoms with Crippen LogP contribution in [0.4, 0.5) is 0 Å². The summed E-state index contributed by atoms with van der Waals surface area (Å²) >= 11 is 0. The van der Waals surface area contributed by atoms with Gasteiger partial charge >= 0.3 is 8.25 Å². The molecule has 2 saturated heterocycles. The molecule has 0 bridgehead atoms. The summed E-state index contributed by atoms with van der Waals surface area (Å²) in [5.74, 6) is -0.589. The van der Waals surface area contributed by atoms with Crippen LogP contribution in [0.5, 0.6) is 0 Å². The van der Waals surface area contributed by atoms with Gasteiger partial charge in [-0.15, -0.1) is 9.05 Å². The van der Waals surface area contributed by atoms with Crippen molar-refractivity contribution < 1.29 is 27.8 Å². The summed E-state index contributed by atoms with van der Waals surface area (Å²) in [5, 5.41) is 0. The lowest BCUT2D eigenvalue weighted by atomic mass is 10.2. The zero-order chi connectivity index (χ0) is 13.3. The predicted octanol–water partition coefficient (Wildman–Crippen LogP) is 2.00. The largest absolute Gasteiger partial charge is 0.697 e. The van der Waals surface area contributed by atoms with Crippen LogP contribution in [0.2, 0.25) is 0 Å². The first-order valence-electron chi connectivity index (χ1n) is 6.11. The van der Waals surface area contributed by atoms with Gasteiger partial charge in [-0.25, -0.2) is 0 Å². The van der Waals surface area contributed by atoms with Gasteiger partial charge < -0.3 is 14.2 Å². The molecule has 2 aliphatic rings. The lowest BCUT2D eigenvalue weighted by molar-refractivity contribution is -0.177. The van der Waals surface area contributed by atoms with E-state index in [9.17, 15) is 4.57 Å². The van der Waals surface area contributed by atoms with Gasteiger partial charge in [-0.1, -0.05) is 0 Å². The zero-order valence-corrected chi connectivity index (χ0v) is 12.0. The molecule has 0 aromatic heterocycles. The van der Waals surface area contributed by atoms with E-state index in [2.05, 4.69) is 0 Å². The van der Waals surface area contributed by atoms with Crippen LogP contribution in [0.3, 0.4) is 0 Å². The van der Waals surface area contributed by atoms with E-state index < -0.39 is 14.0 Å². The van der Waals surface area contributed by atoms with Crippen molar-refractivity contribution in [1.29, 1.82) is 0 Å². The molecule has 0 saturated carbocycles. The highest BCUT2D eigenvalue weighted by molar-refractivity contribution is 7.33. The van der Waals surface area contributed by atoms with Crippen LogP contribution in [0, 0.1) is 0 Å². The first-order chi connectivity index (χ1) is 8.37. The van der Waals surface area contributed by atoms with Crippen LogP contribution >= 0.6 is 8.25 Å². The first kappa shape index (κ1) is 14.3. The van der Waals surface area contributed by atoms with Gasteiger partial charge in [0.05, 0.1) is 6.61 Å². The number of rotatable bonds is 5. The molecule has 0 spiro atoms. The quantitative estimate of drug-likeness (QED) is 0.717. The van der Waals surface area contributed by atoms with Gasteiger partial charge in [0.15, 0.2) is 5.79 Å². The summed E-state index contributed by atoms with van der Waals surface area (Å²) in [5.41, 5.74) is 0. The van der Waals surface area contributed by atoms with Crippen LogP contribution in [0.25, 0.3) is 0 Å². The second kappa shape index (κ2) is 5.49. The van der Waals surface area contributed by atoms with Gasteiger partial charge in [0.2, 0.25) is 0 Å². The van der Waals surface area contributed by atoms with Crippen molar-refractivity contribution in [3.63, 3.8) is 0 Å². The van der Waals surface area contributed by atoms with Crippen molar-refractivity contribution in [3.8, 4) is 0 Å². The predicted molar refractivity (Wildman–Crippen MR) is 63.3 cm³/mol. The number of hydrogen-bond donors (Lipinski definition) is 0. The van der Waals surface area contributed by atoms with Gasteiger partial charge in [0.25, 0.3) is 0 Å². The normalized spacial score (nSPS) is 34.9. The zero-order valence-electron chi connectivity index (χ0n) is 11.1. The molecule has 0 aromatic carbocycles. The molecule has 18 heavy (non-hydrogen) atoms. The molecule has 2 heterocycles. The highest BCUT2D eigenvalue weighted by atomic mass is 31.1. The van der Waals surface area contributed by atoms with Gasteiger partial charge in [-0.2, -0.15) is 0 Å². The van der Waals surface area contributed by atoms with Crippen LogP contribution in [0.15, 0.2) is 0 Å². The van der Waals surface area contributed by atoms with E-state index in [-0.39, 0.29) is 31.0 Å². The topological polar surface area (TPSA) is 63.2 Å². The summed E-state index contributed by atoms with van der Waals surface area (Å²) in [6.07, 6.45) is -0.623. The van der Waals surface area contributed by atoms with Crippen molar-refractivity contribution in [2.24, 2.45) is 0 Å². The first-order valence-corrected chi connectivity index (χ1v) is 7.21. The molecule has 0 amide bonds. The van der Waals surface area contributed by atoms with E-state index in [4.69, 9.17) is 23.3 Å². The summed E-state index contributed by atoms with van der Waals surface area (Å²) in [7, 11) is -2.10. The Balaban J connectivity index is 1.79. The molecule has 4 atom stereocenters. The molecule has 0 aromatic rings. The summed E-state index contributed by atoms with van der Waals surface area (Å²) < 4.78 is 38.5. The fourth-order valence-electron chi connectivity index (χ4n) is 2.10. The molecule has 3 unspecified atom stereocenters. The third-order valence-electron chi connectivity index (χ3n) is 2.70. The maximum Gasteiger partial charge on any atom is 0.697 e. The maximum absolute atomic E-state index is 11.4. The Bertz CT molecular complexity index is 319. The van der Waals surface area contributed by atoms with Crippen molar-refractivity contribution >= 4 is 8.25 Å². The molecule has 7 heteroatoms. The van der Waals surface area contributed by atoms with E-state index in [1.807, 2.05) is 13.8 Å². The second-order valence-corrected chi connectivity index (χ2v) is 6.10. The molecule has 2 aliphatic heterocycles. The molecular formula is C11H20O6P+. The summed E-state index contributed by atoms with van der Waals surface area (Å²) in [6, 6.07) is 0. The fraction of sp³-hybridized carbons (Fsp3) is 1.00. The number of hydrogen-bond acceptors (Lipinski definition) is 6. The molecule has 2 rings (SSSR count). The summed E-state index contributed by atoms with van der Waals surface area (Å²) in [6.45, 7) is 7.99. The SMILES string of the molecule is CC(C)O[P+](=O)OC[C@H]1OCC2OC(C)(C)OC21. The monoisotopic (exact) mass is 279 g/mol. The maximum atomic E-state index is 11.4. The van der Waals surface area contributed by atoms with Gasteiger partial charge in [0, 0.05) is 4.57 Å². The second-order valence-electron chi connectivity index (χ2n) is 5.18. The van der Waals surface area contributed by atoms with E-state index in [0.717, 1.165) is 0 Å². The van der Waals surface area contributed by atoms with E-state index in [0.29, 0.717) is 6.61 Å². The third kappa shape index (κ3) is 3.47. The molecule has 0 radical (unpaired) electrons. The Labute approximate surface area is 108 Å². The standard InChI is InChI=1S/C11H20O6P/c1-7(2)17-18(12)14-6-8-10-9(5-13-8)15-11(3,4)16-10/h7-10H,5-6H2,1-4H3/q+1/t8-,9?,10?/m1/s1. The fourth-order valence-corrected chi connectivity index (χ4v) is 2.77. The molecular weight excluding hydrogens is 259 g/mol. The average molecular weight is 279 g/mol. The van der Waals surface area contributed by atoms with Crippen LogP contribution in [-0.2, 0) is 27.8 Å². The number of fused-ring (bicyclic) bond motifs is 1. The lowest BCUT2D eigenvalue weighted by Crippen LogP contribution is -2.32. The van der Waals surface area contributed by atoms with Gasteiger partial charge in [-0.05, 0) is 27.7 Å². The van der Waals surface area contributed by atoms with Crippen molar-refractivity contribution in [3.05, 3.63) is 0 Å². The van der Waals surface area contributed by atoms with Crippen molar-refractivity contribution in [1.82, 2.24) is 0 Å². The summed E-state index contributed by atoms with van der Waals surface area (Å²) in [4.78, 5) is 0. The Kier molecular flexibility index (Phi) is 4.36. The average Bonchev–Trinajstić information content (AvgIpc) is 2.69. The lowest BCUT2D eigenvalue weighted by Gasteiger charge is -2.20.